The van der Waals surface area contributed by atoms with Crippen LogP contribution in [0.3, 0.4) is 0 Å². The number of imide groups is 2. The van der Waals surface area contributed by atoms with E-state index in [1.54, 1.807) is 12.1 Å². The van der Waals surface area contributed by atoms with Gasteiger partial charge in [0.05, 0.1) is 22.6 Å². The van der Waals surface area contributed by atoms with Crippen LogP contribution < -0.4 is 15.8 Å². The lowest BCUT2D eigenvalue weighted by molar-refractivity contribution is -0.136. The van der Waals surface area contributed by atoms with Gasteiger partial charge in [-0.3, -0.25) is 34.2 Å². The monoisotopic (exact) mass is 786 g/mol. The summed E-state index contributed by atoms with van der Waals surface area (Å²) in [5.74, 6) is 0.627. The smallest absolute Gasteiger partial charge is 0.263 e. The second kappa shape index (κ2) is 16.6. The normalized spacial score (nSPS) is 18.2. The Morgan fingerprint density at radius 1 is 0.877 bits per heavy atom. The number of carbonyl (C=O) groups excluding carboxylic acids is 5. The fraction of sp³-hybridized carbons (Fsp3) is 0.333. The molecule has 3 aliphatic heterocycles. The van der Waals surface area contributed by atoms with Crippen molar-refractivity contribution in [1.82, 2.24) is 34.9 Å². The number of amides is 5. The number of nitrogens with one attached hydrogen (secondary N) is 1. The number of thioether (sulfide) groups is 1. The third-order valence-corrected chi connectivity index (χ3v) is 11.8. The van der Waals surface area contributed by atoms with Crippen LogP contribution in [0.1, 0.15) is 84.5 Å². The number of piperidine rings is 2. The number of hydrogen-bond acceptors (Lipinski definition) is 11. The van der Waals surface area contributed by atoms with Gasteiger partial charge in [0.1, 0.15) is 35.4 Å². The number of aromatic nitrogens is 4. The number of nitrogens with zero attached hydrogens (tertiary/aromatic N) is 6. The van der Waals surface area contributed by atoms with Crippen molar-refractivity contribution in [2.24, 2.45) is 0 Å². The van der Waals surface area contributed by atoms with E-state index in [4.69, 9.17) is 15.6 Å². The molecule has 3 aliphatic rings. The SMILES string of the molecule is Nc1ncnc2c1c(-c1ccc(Oc3ccccc3)cc1)nn2[C@@H]1CCCN(C(=O)CCCCCCSc2cccc3c2C(=O)N(C2CCC(=O)NC2=O)C3=O)C1. The Hall–Kier alpha value is -6.09. The van der Waals surface area contributed by atoms with Crippen molar-refractivity contribution in [2.45, 2.75) is 74.8 Å². The molecule has 0 saturated carbocycles. The Balaban J connectivity index is 0.830. The zero-order valence-electron chi connectivity index (χ0n) is 31.3. The summed E-state index contributed by atoms with van der Waals surface area (Å²) in [7, 11) is 0. The quantitative estimate of drug-likeness (QED) is 0.0791. The van der Waals surface area contributed by atoms with E-state index in [9.17, 15) is 24.0 Å². The van der Waals surface area contributed by atoms with Crippen molar-refractivity contribution in [1.29, 1.82) is 0 Å². The number of fused-ring (bicyclic) bond motifs is 2. The summed E-state index contributed by atoms with van der Waals surface area (Å²) < 4.78 is 7.89. The van der Waals surface area contributed by atoms with E-state index in [1.165, 1.54) is 18.1 Å². The molecule has 5 amide bonds. The molecule has 57 heavy (non-hydrogen) atoms. The minimum Gasteiger partial charge on any atom is -0.457 e. The van der Waals surface area contributed by atoms with Gasteiger partial charge in [0.25, 0.3) is 11.8 Å². The minimum absolute atomic E-state index is 0.0660. The molecule has 2 saturated heterocycles. The van der Waals surface area contributed by atoms with Crippen LogP contribution in [0, 0.1) is 0 Å². The van der Waals surface area contributed by atoms with Crippen molar-refractivity contribution in [3.63, 3.8) is 0 Å². The Bertz CT molecular complexity index is 2350. The molecule has 2 aromatic heterocycles. The predicted molar refractivity (Wildman–Crippen MR) is 213 cm³/mol. The van der Waals surface area contributed by atoms with Crippen LogP contribution in [0.5, 0.6) is 11.5 Å². The highest BCUT2D eigenvalue weighted by molar-refractivity contribution is 7.99. The molecule has 3 aromatic carbocycles. The van der Waals surface area contributed by atoms with Gasteiger partial charge < -0.3 is 15.4 Å². The second-order valence-electron chi connectivity index (χ2n) is 14.5. The molecule has 15 heteroatoms. The summed E-state index contributed by atoms with van der Waals surface area (Å²) >= 11 is 1.51. The molecule has 1 unspecified atom stereocenters. The average Bonchev–Trinajstić information content (AvgIpc) is 3.74. The van der Waals surface area contributed by atoms with Crippen molar-refractivity contribution >= 4 is 58.1 Å². The average molecular weight is 787 g/mol. The summed E-state index contributed by atoms with van der Waals surface area (Å²) in [6.07, 6.45) is 7.23. The first kappa shape index (κ1) is 37.8. The van der Waals surface area contributed by atoms with Gasteiger partial charge in [-0.15, -0.1) is 11.8 Å². The van der Waals surface area contributed by atoms with Crippen LogP contribution in [-0.2, 0) is 14.4 Å². The van der Waals surface area contributed by atoms with Gasteiger partial charge in [-0.2, -0.15) is 5.10 Å². The van der Waals surface area contributed by atoms with Gasteiger partial charge in [0.2, 0.25) is 17.7 Å². The van der Waals surface area contributed by atoms with Crippen LogP contribution in [0.25, 0.3) is 22.3 Å². The van der Waals surface area contributed by atoms with Crippen LogP contribution in [-0.4, -0.2) is 84.0 Å². The molecule has 5 heterocycles. The second-order valence-corrected chi connectivity index (χ2v) is 15.6. The van der Waals surface area contributed by atoms with Crippen LogP contribution in [0.2, 0.25) is 0 Å². The van der Waals surface area contributed by atoms with Crippen LogP contribution in [0.4, 0.5) is 5.82 Å². The lowest BCUT2D eigenvalue weighted by atomic mass is 10.0. The van der Waals surface area contributed by atoms with Gasteiger partial charge in [0.15, 0.2) is 5.65 Å². The predicted octanol–water partition coefficient (Wildman–Crippen LogP) is 6.18. The maximum atomic E-state index is 13.4. The standard InChI is InChI=1S/C42H42N8O6S/c43-38-36-37(26-16-18-29(19-17-26)56-28-11-4-3-5-12-28)47-50(39(36)45-25-44-38)27-10-9-22-48(24-27)34(52)15-6-1-2-7-23-57-32-14-8-13-30-35(32)42(55)49(41(30)54)31-20-21-33(51)46-40(31)53/h3-5,8,11-14,16-19,25,27,31H,1-2,6-7,9-10,15,20-24H2,(H2,43,44,45)(H,46,51,53)/t27-,31?/m1/s1. The van der Waals surface area contributed by atoms with E-state index in [0.717, 1.165) is 60.5 Å². The zero-order valence-corrected chi connectivity index (χ0v) is 32.1. The first-order chi connectivity index (χ1) is 27.8. The maximum Gasteiger partial charge on any atom is 0.263 e. The molecular weight excluding hydrogens is 745 g/mol. The Labute approximate surface area is 333 Å². The number of para-hydroxylation sites is 1. The first-order valence-corrected chi connectivity index (χ1v) is 20.3. The van der Waals surface area contributed by atoms with Crippen molar-refractivity contribution in [3.05, 3.63) is 90.3 Å². The van der Waals surface area contributed by atoms with Gasteiger partial charge in [-0.25, -0.2) is 14.6 Å². The van der Waals surface area contributed by atoms with Gasteiger partial charge in [-0.05, 0) is 86.4 Å². The molecule has 292 valence electrons. The molecule has 3 N–H and O–H groups in total. The number of unbranched alkanes of at least 4 members (excludes halogenated alkanes) is 3. The van der Waals surface area contributed by atoms with E-state index >= 15 is 0 Å². The fourth-order valence-electron chi connectivity index (χ4n) is 7.81. The molecule has 5 aromatic rings. The molecule has 8 rings (SSSR count). The molecule has 2 fully saturated rings. The lowest BCUT2D eigenvalue weighted by Crippen LogP contribution is -2.54. The van der Waals surface area contributed by atoms with Crippen molar-refractivity contribution in [3.8, 4) is 22.8 Å². The number of nitrogens with two attached hydrogens (primary N) is 1. The molecule has 0 bridgehead atoms. The van der Waals surface area contributed by atoms with E-state index in [-0.39, 0.29) is 30.4 Å². The van der Waals surface area contributed by atoms with E-state index in [1.807, 2.05) is 70.2 Å². The number of hydrogen-bond donors (Lipinski definition) is 2. The van der Waals surface area contributed by atoms with Crippen molar-refractivity contribution < 1.29 is 28.7 Å². The highest BCUT2D eigenvalue weighted by Gasteiger charge is 2.45. The molecule has 0 aliphatic carbocycles. The molecule has 0 radical (unpaired) electrons. The van der Waals surface area contributed by atoms with Gasteiger partial charge in [-0.1, -0.05) is 37.1 Å². The van der Waals surface area contributed by atoms with E-state index in [0.29, 0.717) is 58.3 Å². The van der Waals surface area contributed by atoms with E-state index in [2.05, 4.69) is 15.3 Å². The van der Waals surface area contributed by atoms with Crippen LogP contribution in [0.15, 0.2) is 84.0 Å². The van der Waals surface area contributed by atoms with Crippen molar-refractivity contribution in [2.75, 3.05) is 24.6 Å². The minimum atomic E-state index is -0.991. The first-order valence-electron chi connectivity index (χ1n) is 19.3. The lowest BCUT2D eigenvalue weighted by Gasteiger charge is -2.33. The summed E-state index contributed by atoms with van der Waals surface area (Å²) in [6, 6.07) is 21.4. The number of anilines is 1. The number of ether oxygens (including phenoxy) is 1. The number of rotatable bonds is 13. The Morgan fingerprint density at radius 2 is 1.67 bits per heavy atom. The molecule has 2 atom stereocenters. The number of benzene rings is 3. The highest BCUT2D eigenvalue weighted by Crippen LogP contribution is 2.37. The molecule has 0 spiro atoms. The summed E-state index contributed by atoms with van der Waals surface area (Å²) in [5.41, 5.74) is 9.18. The summed E-state index contributed by atoms with van der Waals surface area (Å²) in [4.78, 5) is 76.5. The summed E-state index contributed by atoms with van der Waals surface area (Å²) in [5, 5.41) is 7.94. The highest BCUT2D eigenvalue weighted by atomic mass is 32.2. The third-order valence-electron chi connectivity index (χ3n) is 10.7. The number of nitrogen functional groups attached to an aromatic ring is 1. The van der Waals surface area contributed by atoms with Crippen LogP contribution >= 0.6 is 11.8 Å². The van der Waals surface area contributed by atoms with Gasteiger partial charge >= 0.3 is 0 Å². The maximum absolute atomic E-state index is 13.4. The summed E-state index contributed by atoms with van der Waals surface area (Å²) in [6.45, 7) is 1.23. The molecular formula is C42H42N8O6S. The largest absolute Gasteiger partial charge is 0.457 e. The molecule has 14 nitrogen and oxygen atoms in total. The number of carbonyl (C=O) groups is 5. The Kier molecular flexibility index (Phi) is 11.0. The van der Waals surface area contributed by atoms with E-state index < -0.39 is 29.7 Å². The topological polar surface area (TPSA) is 183 Å². The zero-order chi connectivity index (χ0) is 39.5. The fourth-order valence-corrected chi connectivity index (χ4v) is 8.90. The number of likely N-dealkylation sites (tertiary alicyclic amines) is 1. The third kappa shape index (κ3) is 7.84. The van der Waals surface area contributed by atoms with Gasteiger partial charge in [0, 0.05) is 36.4 Å². The Morgan fingerprint density at radius 3 is 2.47 bits per heavy atom.